The molecule has 2 aromatic rings. The summed E-state index contributed by atoms with van der Waals surface area (Å²) in [6, 6.07) is 6.66. The van der Waals surface area contributed by atoms with Crippen molar-refractivity contribution in [2.75, 3.05) is 18.4 Å². The van der Waals surface area contributed by atoms with E-state index in [-0.39, 0.29) is 30.4 Å². The third-order valence-electron chi connectivity index (χ3n) is 4.72. The van der Waals surface area contributed by atoms with Crippen LogP contribution >= 0.6 is 22.9 Å². The Hall–Kier alpha value is -2.00. The average Bonchev–Trinajstić information content (AvgIpc) is 3.07. The van der Waals surface area contributed by atoms with E-state index in [0.717, 1.165) is 30.9 Å². The maximum atomic E-state index is 12.6. The predicted molar refractivity (Wildman–Crippen MR) is 119 cm³/mol. The molecule has 0 saturated carbocycles. The van der Waals surface area contributed by atoms with Gasteiger partial charge in [-0.05, 0) is 31.5 Å². The second kappa shape index (κ2) is 10.3. The number of anilines is 1. The van der Waals surface area contributed by atoms with Gasteiger partial charge >= 0.3 is 0 Å². The molecule has 0 radical (unpaired) electrons. The Morgan fingerprint density at radius 1 is 1.27 bits per heavy atom. The van der Waals surface area contributed by atoms with Gasteiger partial charge < -0.3 is 15.4 Å². The lowest BCUT2D eigenvalue weighted by atomic mass is 10.0. The van der Waals surface area contributed by atoms with E-state index in [2.05, 4.69) is 34.4 Å². The number of thiazole rings is 1. The molecule has 3 rings (SSSR count). The summed E-state index contributed by atoms with van der Waals surface area (Å²) in [6.45, 7) is 8.03. The molecule has 1 aromatic heterocycles. The lowest BCUT2D eigenvalue weighted by Gasteiger charge is -2.34. The Morgan fingerprint density at radius 3 is 2.57 bits per heavy atom. The van der Waals surface area contributed by atoms with Crippen LogP contribution < -0.4 is 10.6 Å². The number of rotatable bonds is 7. The van der Waals surface area contributed by atoms with Crippen molar-refractivity contribution in [1.82, 2.24) is 15.2 Å². The highest BCUT2D eigenvalue weighted by molar-refractivity contribution is 7.13. The smallest absolute Gasteiger partial charge is 0.228 e. The van der Waals surface area contributed by atoms with Crippen LogP contribution in [0.3, 0.4) is 0 Å². The summed E-state index contributed by atoms with van der Waals surface area (Å²) in [7, 11) is 0. The molecule has 3 atom stereocenters. The Kier molecular flexibility index (Phi) is 7.82. The number of carbonyl (C=O) groups is 2. The third-order valence-corrected chi connectivity index (χ3v) is 5.78. The summed E-state index contributed by atoms with van der Waals surface area (Å²) in [5.41, 5.74) is 1.74. The highest BCUT2D eigenvalue weighted by Crippen LogP contribution is 2.22. The van der Waals surface area contributed by atoms with Crippen LogP contribution in [0.5, 0.6) is 0 Å². The summed E-state index contributed by atoms with van der Waals surface area (Å²) in [6.07, 6.45) is 0.504. The molecular weight excluding hydrogens is 424 g/mol. The van der Waals surface area contributed by atoms with Crippen LogP contribution in [0.4, 0.5) is 5.13 Å². The van der Waals surface area contributed by atoms with Gasteiger partial charge in [-0.15, -0.1) is 11.3 Å². The van der Waals surface area contributed by atoms with E-state index in [9.17, 15) is 9.59 Å². The summed E-state index contributed by atoms with van der Waals surface area (Å²) >= 11 is 7.34. The lowest BCUT2D eigenvalue weighted by Crippen LogP contribution is -2.44. The second-order valence-corrected chi connectivity index (χ2v) is 8.95. The SMILES string of the molecule is CC(=O)NC(CC(=O)Nc1nc(CN2CC(C)OC(C)C2)cs1)c1ccc(Cl)cc1. The minimum atomic E-state index is -0.435. The summed E-state index contributed by atoms with van der Waals surface area (Å²) in [5.74, 6) is -0.411. The van der Waals surface area contributed by atoms with Crippen molar-refractivity contribution in [2.24, 2.45) is 0 Å². The van der Waals surface area contributed by atoms with Crippen LogP contribution in [0.2, 0.25) is 5.02 Å². The number of aromatic nitrogens is 1. The number of ether oxygens (including phenoxy) is 1. The molecule has 162 valence electrons. The number of amides is 2. The Balaban J connectivity index is 1.58. The Labute approximate surface area is 185 Å². The molecule has 1 aliphatic heterocycles. The normalized spacial score (nSPS) is 20.5. The van der Waals surface area contributed by atoms with E-state index in [1.54, 1.807) is 12.1 Å². The molecule has 1 fully saturated rings. The second-order valence-electron chi connectivity index (χ2n) is 7.65. The fraction of sp³-hybridized carbons (Fsp3) is 0.476. The van der Waals surface area contributed by atoms with Gasteiger partial charge in [0.25, 0.3) is 0 Å². The molecular formula is C21H27ClN4O3S. The first-order valence-corrected chi connectivity index (χ1v) is 11.2. The number of benzene rings is 1. The number of carbonyl (C=O) groups excluding carboxylic acids is 2. The first-order chi connectivity index (χ1) is 14.3. The molecule has 3 unspecified atom stereocenters. The summed E-state index contributed by atoms with van der Waals surface area (Å²) in [4.78, 5) is 31.0. The van der Waals surface area contributed by atoms with E-state index in [4.69, 9.17) is 16.3 Å². The highest BCUT2D eigenvalue weighted by Gasteiger charge is 2.23. The van der Waals surface area contributed by atoms with Crippen molar-refractivity contribution < 1.29 is 14.3 Å². The van der Waals surface area contributed by atoms with E-state index < -0.39 is 6.04 Å². The highest BCUT2D eigenvalue weighted by atomic mass is 35.5. The lowest BCUT2D eigenvalue weighted by molar-refractivity contribution is -0.120. The quantitative estimate of drug-likeness (QED) is 0.673. The fourth-order valence-electron chi connectivity index (χ4n) is 3.63. The third kappa shape index (κ3) is 6.77. The van der Waals surface area contributed by atoms with E-state index in [1.807, 2.05) is 17.5 Å². The largest absolute Gasteiger partial charge is 0.373 e. The van der Waals surface area contributed by atoms with Gasteiger partial charge in [0.05, 0.1) is 30.4 Å². The van der Waals surface area contributed by atoms with Crippen molar-refractivity contribution >= 4 is 39.9 Å². The molecule has 1 aromatic carbocycles. The zero-order valence-corrected chi connectivity index (χ0v) is 18.9. The van der Waals surface area contributed by atoms with Crippen LogP contribution in [0.15, 0.2) is 29.6 Å². The van der Waals surface area contributed by atoms with Gasteiger partial charge in [-0.25, -0.2) is 4.98 Å². The Morgan fingerprint density at radius 2 is 1.93 bits per heavy atom. The van der Waals surface area contributed by atoms with Crippen molar-refractivity contribution in [1.29, 1.82) is 0 Å². The summed E-state index contributed by atoms with van der Waals surface area (Å²) in [5, 5.41) is 8.79. The minimum Gasteiger partial charge on any atom is -0.373 e. The molecule has 2 amide bonds. The van der Waals surface area contributed by atoms with Crippen molar-refractivity contribution in [3.8, 4) is 0 Å². The van der Waals surface area contributed by atoms with Gasteiger partial charge in [0.15, 0.2) is 5.13 Å². The number of halogens is 1. The molecule has 0 bridgehead atoms. The zero-order chi connectivity index (χ0) is 21.7. The van der Waals surface area contributed by atoms with E-state index >= 15 is 0 Å². The molecule has 2 N–H and O–H groups in total. The number of nitrogens with one attached hydrogen (secondary N) is 2. The predicted octanol–water partition coefficient (Wildman–Crippen LogP) is 3.61. The topological polar surface area (TPSA) is 83.6 Å². The van der Waals surface area contributed by atoms with Crippen molar-refractivity contribution in [3.05, 3.63) is 45.9 Å². The number of hydrogen-bond donors (Lipinski definition) is 2. The van der Waals surface area contributed by atoms with Gasteiger partial charge in [-0.2, -0.15) is 0 Å². The molecule has 2 heterocycles. The first kappa shape index (κ1) is 22.7. The minimum absolute atomic E-state index is 0.106. The number of hydrogen-bond acceptors (Lipinski definition) is 6. The molecule has 0 aliphatic carbocycles. The maximum absolute atomic E-state index is 12.6. The van der Waals surface area contributed by atoms with E-state index in [1.165, 1.54) is 18.3 Å². The van der Waals surface area contributed by atoms with Gasteiger partial charge in [-0.3, -0.25) is 14.5 Å². The average molecular weight is 451 g/mol. The maximum Gasteiger partial charge on any atom is 0.228 e. The Bertz CT molecular complexity index is 863. The van der Waals surface area contributed by atoms with Crippen molar-refractivity contribution in [3.63, 3.8) is 0 Å². The zero-order valence-electron chi connectivity index (χ0n) is 17.4. The fourth-order valence-corrected chi connectivity index (χ4v) is 4.47. The standard InChI is InChI=1S/C21H27ClN4O3S/c1-13-9-26(10-14(2)29-13)11-18-12-30-21(24-18)25-20(28)8-19(23-15(3)27)16-4-6-17(22)7-5-16/h4-7,12-14,19H,8-11H2,1-3H3,(H,23,27)(H,24,25,28). The molecule has 9 heteroatoms. The van der Waals surface area contributed by atoms with Crippen LogP contribution in [-0.2, 0) is 20.9 Å². The van der Waals surface area contributed by atoms with Gasteiger partial charge in [0.2, 0.25) is 11.8 Å². The van der Waals surface area contributed by atoms with Crippen LogP contribution in [0.25, 0.3) is 0 Å². The molecule has 1 saturated heterocycles. The number of morpholine rings is 1. The number of nitrogens with zero attached hydrogens (tertiary/aromatic N) is 2. The van der Waals surface area contributed by atoms with Crippen molar-refractivity contribution in [2.45, 2.75) is 52.0 Å². The summed E-state index contributed by atoms with van der Waals surface area (Å²) < 4.78 is 5.77. The molecule has 7 nitrogen and oxygen atoms in total. The van der Waals surface area contributed by atoms with Crippen LogP contribution in [-0.4, -0.2) is 47.0 Å². The van der Waals surface area contributed by atoms with Crippen LogP contribution in [0, 0.1) is 0 Å². The molecule has 1 aliphatic rings. The molecule has 30 heavy (non-hydrogen) atoms. The van der Waals surface area contributed by atoms with Crippen LogP contribution in [0.1, 0.15) is 44.5 Å². The monoisotopic (exact) mass is 450 g/mol. The molecule has 0 spiro atoms. The van der Waals surface area contributed by atoms with Gasteiger partial charge in [0.1, 0.15) is 0 Å². The first-order valence-electron chi connectivity index (χ1n) is 9.93. The van der Waals surface area contributed by atoms with Gasteiger partial charge in [-0.1, -0.05) is 23.7 Å². The van der Waals surface area contributed by atoms with E-state index in [0.29, 0.717) is 10.2 Å². The van der Waals surface area contributed by atoms with Gasteiger partial charge in [0, 0.05) is 37.0 Å².